The summed E-state index contributed by atoms with van der Waals surface area (Å²) in [5.74, 6) is -3.58. The summed E-state index contributed by atoms with van der Waals surface area (Å²) in [7, 11) is 0. The van der Waals surface area contributed by atoms with Crippen molar-refractivity contribution in [3.05, 3.63) is 65.0 Å². The lowest BCUT2D eigenvalue weighted by molar-refractivity contribution is -0.152. The van der Waals surface area contributed by atoms with Gasteiger partial charge in [0.25, 0.3) is 11.8 Å². The van der Waals surface area contributed by atoms with Gasteiger partial charge in [0, 0.05) is 17.7 Å². The van der Waals surface area contributed by atoms with Crippen molar-refractivity contribution in [3.8, 4) is 5.75 Å². The van der Waals surface area contributed by atoms with E-state index in [1.807, 2.05) is 0 Å². The second-order valence-electron chi connectivity index (χ2n) is 7.95. The molecule has 176 valence electrons. The predicted molar refractivity (Wildman–Crippen MR) is 118 cm³/mol. The molecule has 33 heavy (non-hydrogen) atoms. The molecule has 2 amide bonds. The standard InChI is InChI=1S/C23H24ClFN2O6/c1-12-15(6-4-8-19(12)28)21(30)26-17(9-13-5-2-3-7-16(13)25)20(29)22(31)27-11-14(24)10-18(27)23(32)33/h2-8,14,17-18,20,28-29H,9-11H2,1H3,(H,26,30)(H,32,33)/t14-,17-,18-,20-/m0/s1. The Morgan fingerprint density at radius 2 is 1.91 bits per heavy atom. The first-order valence-electron chi connectivity index (χ1n) is 10.3. The molecule has 4 atom stereocenters. The van der Waals surface area contributed by atoms with Gasteiger partial charge in [-0.15, -0.1) is 11.6 Å². The summed E-state index contributed by atoms with van der Waals surface area (Å²) in [6.07, 6.45) is -2.09. The molecule has 1 aliphatic rings. The van der Waals surface area contributed by atoms with Crippen LogP contribution in [0.25, 0.3) is 0 Å². The molecule has 1 aliphatic heterocycles. The molecular weight excluding hydrogens is 455 g/mol. The molecule has 0 spiro atoms. The van der Waals surface area contributed by atoms with Crippen LogP contribution in [-0.2, 0) is 16.0 Å². The van der Waals surface area contributed by atoms with Gasteiger partial charge >= 0.3 is 5.97 Å². The summed E-state index contributed by atoms with van der Waals surface area (Å²) in [5, 5.41) is 32.1. The van der Waals surface area contributed by atoms with Gasteiger partial charge in [-0.05, 0) is 43.5 Å². The van der Waals surface area contributed by atoms with Crippen LogP contribution in [0.15, 0.2) is 42.5 Å². The average molecular weight is 479 g/mol. The molecule has 0 radical (unpaired) electrons. The van der Waals surface area contributed by atoms with Crippen molar-refractivity contribution in [2.75, 3.05) is 6.54 Å². The van der Waals surface area contributed by atoms with E-state index in [1.165, 1.54) is 43.3 Å². The van der Waals surface area contributed by atoms with Crippen LogP contribution < -0.4 is 5.32 Å². The number of alkyl halides is 1. The first-order chi connectivity index (χ1) is 15.6. The number of carboxylic acids is 1. The number of carbonyl (C=O) groups excluding carboxylic acids is 2. The van der Waals surface area contributed by atoms with Gasteiger partial charge in [0.05, 0.1) is 11.4 Å². The lowest BCUT2D eigenvalue weighted by atomic mass is 9.98. The van der Waals surface area contributed by atoms with Crippen LogP contribution >= 0.6 is 11.6 Å². The highest BCUT2D eigenvalue weighted by Gasteiger charge is 2.43. The Balaban J connectivity index is 1.90. The van der Waals surface area contributed by atoms with Gasteiger partial charge < -0.3 is 25.5 Å². The predicted octanol–water partition coefficient (Wildman–Crippen LogP) is 1.83. The SMILES string of the molecule is Cc1c(O)cccc1C(=O)N[C@@H](Cc1ccccc1F)[C@H](O)C(=O)N1C[C@@H](Cl)C[C@H]1C(=O)O. The number of phenolic OH excluding ortho intramolecular Hbond substituents is 1. The molecule has 0 aromatic heterocycles. The smallest absolute Gasteiger partial charge is 0.326 e. The molecule has 10 heteroatoms. The Labute approximate surface area is 194 Å². The molecule has 2 aromatic rings. The number of aromatic hydroxyl groups is 1. The lowest BCUT2D eigenvalue weighted by Gasteiger charge is -2.29. The molecule has 1 heterocycles. The fourth-order valence-electron chi connectivity index (χ4n) is 3.86. The Hall–Kier alpha value is -3.17. The number of nitrogens with zero attached hydrogens (tertiary/aromatic N) is 1. The Kier molecular flexibility index (Phi) is 7.55. The maximum absolute atomic E-state index is 14.3. The summed E-state index contributed by atoms with van der Waals surface area (Å²) < 4.78 is 14.3. The van der Waals surface area contributed by atoms with E-state index in [2.05, 4.69) is 5.32 Å². The molecule has 0 bridgehead atoms. The summed E-state index contributed by atoms with van der Waals surface area (Å²) in [6.45, 7) is 1.44. The number of halogens is 2. The Morgan fingerprint density at radius 3 is 2.58 bits per heavy atom. The lowest BCUT2D eigenvalue weighted by Crippen LogP contribution is -2.54. The summed E-state index contributed by atoms with van der Waals surface area (Å²) in [5.41, 5.74) is 0.545. The first-order valence-corrected chi connectivity index (χ1v) is 10.7. The third-order valence-corrected chi connectivity index (χ3v) is 6.03. The quantitative estimate of drug-likeness (QED) is 0.450. The molecule has 3 rings (SSSR count). The van der Waals surface area contributed by atoms with E-state index >= 15 is 0 Å². The number of rotatable bonds is 7. The average Bonchev–Trinajstić information content (AvgIpc) is 3.17. The van der Waals surface area contributed by atoms with Crippen molar-refractivity contribution in [3.63, 3.8) is 0 Å². The van der Waals surface area contributed by atoms with E-state index in [0.717, 1.165) is 4.90 Å². The number of hydrogen-bond donors (Lipinski definition) is 4. The van der Waals surface area contributed by atoms with Gasteiger partial charge in [0.2, 0.25) is 0 Å². The number of carbonyl (C=O) groups is 3. The minimum Gasteiger partial charge on any atom is -0.508 e. The second-order valence-corrected chi connectivity index (χ2v) is 8.56. The molecule has 4 N–H and O–H groups in total. The molecule has 0 saturated carbocycles. The van der Waals surface area contributed by atoms with Crippen LogP contribution in [0.5, 0.6) is 5.75 Å². The number of aliphatic hydroxyl groups excluding tert-OH is 1. The number of likely N-dealkylation sites (tertiary alicyclic amines) is 1. The number of aliphatic hydroxyl groups is 1. The number of benzene rings is 2. The Morgan fingerprint density at radius 1 is 1.21 bits per heavy atom. The number of aliphatic carboxylic acids is 1. The van der Waals surface area contributed by atoms with Crippen LogP contribution in [0.3, 0.4) is 0 Å². The molecule has 0 aliphatic carbocycles. The van der Waals surface area contributed by atoms with Gasteiger partial charge in [-0.3, -0.25) is 9.59 Å². The van der Waals surface area contributed by atoms with Crippen molar-refractivity contribution >= 4 is 29.4 Å². The van der Waals surface area contributed by atoms with Crippen molar-refractivity contribution in [2.24, 2.45) is 0 Å². The normalized spacial score (nSPS) is 19.7. The van der Waals surface area contributed by atoms with E-state index in [4.69, 9.17) is 11.6 Å². The third kappa shape index (κ3) is 5.43. The molecule has 1 saturated heterocycles. The topological polar surface area (TPSA) is 127 Å². The van der Waals surface area contributed by atoms with Crippen LogP contribution in [0, 0.1) is 12.7 Å². The van der Waals surface area contributed by atoms with Crippen LogP contribution in [0.4, 0.5) is 4.39 Å². The molecule has 1 fully saturated rings. The van der Waals surface area contributed by atoms with Crippen LogP contribution in [0.2, 0.25) is 0 Å². The number of amides is 2. The van der Waals surface area contributed by atoms with Crippen molar-refractivity contribution in [2.45, 2.75) is 43.3 Å². The number of hydrogen-bond acceptors (Lipinski definition) is 5. The van der Waals surface area contributed by atoms with Crippen LogP contribution in [-0.4, -0.2) is 68.1 Å². The monoisotopic (exact) mass is 478 g/mol. The molecule has 2 aromatic carbocycles. The summed E-state index contributed by atoms with van der Waals surface area (Å²) in [6, 6.07) is 7.54. The maximum Gasteiger partial charge on any atom is 0.326 e. The Bertz CT molecular complexity index is 1060. The molecule has 8 nitrogen and oxygen atoms in total. The van der Waals surface area contributed by atoms with Crippen molar-refractivity contribution < 1.29 is 34.1 Å². The fourth-order valence-corrected chi connectivity index (χ4v) is 4.18. The largest absolute Gasteiger partial charge is 0.508 e. The van der Waals surface area contributed by atoms with Crippen LogP contribution in [0.1, 0.15) is 27.9 Å². The van der Waals surface area contributed by atoms with Gasteiger partial charge in [0.1, 0.15) is 17.6 Å². The van der Waals surface area contributed by atoms with E-state index in [9.17, 15) is 34.1 Å². The minimum atomic E-state index is -1.87. The number of phenols is 1. The van der Waals surface area contributed by atoms with E-state index in [1.54, 1.807) is 6.07 Å². The summed E-state index contributed by atoms with van der Waals surface area (Å²) in [4.78, 5) is 38.4. The number of nitrogens with one attached hydrogen (secondary N) is 1. The van der Waals surface area contributed by atoms with Crippen molar-refractivity contribution in [1.82, 2.24) is 10.2 Å². The minimum absolute atomic E-state index is 0.0160. The zero-order valence-electron chi connectivity index (χ0n) is 17.7. The highest BCUT2D eigenvalue weighted by molar-refractivity contribution is 6.21. The van der Waals surface area contributed by atoms with Gasteiger partial charge in [0.15, 0.2) is 6.10 Å². The van der Waals surface area contributed by atoms with Gasteiger partial charge in [-0.2, -0.15) is 0 Å². The zero-order valence-corrected chi connectivity index (χ0v) is 18.5. The van der Waals surface area contributed by atoms with E-state index < -0.39 is 47.2 Å². The highest BCUT2D eigenvalue weighted by Crippen LogP contribution is 2.25. The number of carboxylic acid groups (broad SMARTS) is 1. The molecule has 0 unspecified atom stereocenters. The maximum atomic E-state index is 14.3. The van der Waals surface area contributed by atoms with E-state index in [0.29, 0.717) is 0 Å². The van der Waals surface area contributed by atoms with Gasteiger partial charge in [-0.1, -0.05) is 24.3 Å². The van der Waals surface area contributed by atoms with Gasteiger partial charge in [-0.25, -0.2) is 9.18 Å². The zero-order chi connectivity index (χ0) is 24.3. The van der Waals surface area contributed by atoms with E-state index in [-0.39, 0.29) is 41.8 Å². The summed E-state index contributed by atoms with van der Waals surface area (Å²) >= 11 is 6.04. The fraction of sp³-hybridized carbons (Fsp3) is 0.348. The first kappa shape index (κ1) is 24.5. The third-order valence-electron chi connectivity index (χ3n) is 5.72. The van der Waals surface area contributed by atoms with Crippen molar-refractivity contribution in [1.29, 1.82) is 0 Å². The highest BCUT2D eigenvalue weighted by atomic mass is 35.5. The molecular formula is C23H24ClFN2O6. The second kappa shape index (κ2) is 10.2.